The maximum absolute atomic E-state index is 12.2. The Morgan fingerprint density at radius 1 is 1.45 bits per heavy atom. The third kappa shape index (κ3) is 3.17. The number of rotatable bonds is 6. The normalized spacial score (nSPS) is 13.7. The molecule has 1 unspecified atom stereocenters. The van der Waals surface area contributed by atoms with Crippen molar-refractivity contribution in [2.75, 3.05) is 24.3 Å². The monoisotopic (exact) mass is 316 g/mol. The van der Waals surface area contributed by atoms with Crippen LogP contribution in [0.1, 0.15) is 6.42 Å². The fourth-order valence-electron chi connectivity index (χ4n) is 1.81. The van der Waals surface area contributed by atoms with Gasteiger partial charge in [0.25, 0.3) is 10.0 Å². The molecule has 0 aliphatic carbocycles. The Balaban J connectivity index is 2.23. The first kappa shape index (κ1) is 14.9. The molecule has 0 aliphatic heterocycles. The van der Waals surface area contributed by atoms with E-state index in [-0.39, 0.29) is 17.4 Å². The maximum Gasteiger partial charge on any atom is 0.260 e. The summed E-state index contributed by atoms with van der Waals surface area (Å²) in [7, 11) is -4.68. The second kappa shape index (κ2) is 5.90. The van der Waals surface area contributed by atoms with Crippen LogP contribution < -0.4 is 10.5 Å². The summed E-state index contributed by atoms with van der Waals surface area (Å²) in [4.78, 5) is 4.01. The smallest absolute Gasteiger partial charge is 0.260 e. The minimum Gasteiger partial charge on any atom is -0.381 e. The molecule has 0 radical (unpaired) electrons. The van der Waals surface area contributed by atoms with Crippen molar-refractivity contribution in [2.45, 2.75) is 11.4 Å². The highest BCUT2D eigenvalue weighted by Gasteiger charge is 2.23. The number of nitrogen functional groups attached to an aromatic ring is 1. The Labute approximate surface area is 119 Å². The van der Waals surface area contributed by atoms with Gasteiger partial charge in [0.1, 0.15) is 5.65 Å². The SMILES string of the molecule is CS(=O)CCCNS(=O)(=O)c1c(N)nc2ccccn12. The second-order valence-electron chi connectivity index (χ2n) is 4.26. The Morgan fingerprint density at radius 3 is 2.90 bits per heavy atom. The predicted octanol–water partition coefficient (Wildman–Crippen LogP) is -0.0366. The largest absolute Gasteiger partial charge is 0.381 e. The Hall–Kier alpha value is -1.45. The summed E-state index contributed by atoms with van der Waals surface area (Å²) in [5.74, 6) is 0.410. The van der Waals surface area contributed by atoms with Crippen LogP contribution in [-0.4, -0.2) is 40.6 Å². The fourth-order valence-corrected chi connectivity index (χ4v) is 3.64. The van der Waals surface area contributed by atoms with Crippen LogP contribution in [0.3, 0.4) is 0 Å². The summed E-state index contributed by atoms with van der Waals surface area (Å²) >= 11 is 0. The third-order valence-corrected chi connectivity index (χ3v) is 5.03. The molecule has 0 saturated heterocycles. The quantitative estimate of drug-likeness (QED) is 0.728. The van der Waals surface area contributed by atoms with Crippen LogP contribution in [-0.2, 0) is 20.8 Å². The summed E-state index contributed by atoms with van der Waals surface area (Å²) in [6, 6.07) is 5.13. The first-order valence-corrected chi connectivity index (χ1v) is 9.15. The van der Waals surface area contributed by atoms with Gasteiger partial charge < -0.3 is 5.73 Å². The number of sulfonamides is 1. The molecule has 2 aromatic rings. The number of nitrogens with two attached hydrogens (primary N) is 1. The molecule has 3 N–H and O–H groups in total. The van der Waals surface area contributed by atoms with Crippen molar-refractivity contribution >= 4 is 32.3 Å². The molecule has 0 spiro atoms. The van der Waals surface area contributed by atoms with E-state index in [0.717, 1.165) is 0 Å². The van der Waals surface area contributed by atoms with Crippen molar-refractivity contribution in [1.29, 1.82) is 0 Å². The lowest BCUT2D eigenvalue weighted by Gasteiger charge is -2.06. The highest BCUT2D eigenvalue weighted by atomic mass is 32.2. The Morgan fingerprint density at radius 2 is 2.20 bits per heavy atom. The molecule has 2 rings (SSSR count). The molecule has 9 heteroatoms. The molecule has 110 valence electrons. The van der Waals surface area contributed by atoms with Gasteiger partial charge in [0.15, 0.2) is 10.8 Å². The van der Waals surface area contributed by atoms with Gasteiger partial charge in [0.05, 0.1) is 0 Å². The minimum atomic E-state index is -3.75. The van der Waals surface area contributed by atoms with Crippen LogP contribution in [0.2, 0.25) is 0 Å². The third-order valence-electron chi connectivity index (χ3n) is 2.67. The van der Waals surface area contributed by atoms with Gasteiger partial charge in [-0.25, -0.2) is 18.1 Å². The lowest BCUT2D eigenvalue weighted by molar-refractivity contribution is 0.576. The van der Waals surface area contributed by atoms with E-state index in [4.69, 9.17) is 5.73 Å². The van der Waals surface area contributed by atoms with Crippen LogP contribution in [0.25, 0.3) is 5.65 Å². The summed E-state index contributed by atoms with van der Waals surface area (Å²) in [5.41, 5.74) is 6.16. The van der Waals surface area contributed by atoms with Crippen molar-refractivity contribution in [2.24, 2.45) is 0 Å². The van der Waals surface area contributed by atoms with E-state index in [1.807, 2.05) is 0 Å². The van der Waals surface area contributed by atoms with Crippen LogP contribution in [0, 0.1) is 0 Å². The van der Waals surface area contributed by atoms with Crippen molar-refractivity contribution in [3.63, 3.8) is 0 Å². The lowest BCUT2D eigenvalue weighted by atomic mass is 10.5. The number of aromatic nitrogens is 2. The Bertz CT molecular complexity index is 739. The highest BCUT2D eigenvalue weighted by molar-refractivity contribution is 7.89. The highest BCUT2D eigenvalue weighted by Crippen LogP contribution is 2.19. The number of pyridine rings is 1. The molecule has 0 saturated carbocycles. The van der Waals surface area contributed by atoms with E-state index in [9.17, 15) is 12.6 Å². The maximum atomic E-state index is 12.2. The van der Waals surface area contributed by atoms with Gasteiger partial charge in [-0.05, 0) is 18.6 Å². The van der Waals surface area contributed by atoms with Crippen molar-refractivity contribution in [3.05, 3.63) is 24.4 Å². The van der Waals surface area contributed by atoms with E-state index >= 15 is 0 Å². The van der Waals surface area contributed by atoms with E-state index in [1.54, 1.807) is 30.7 Å². The molecule has 7 nitrogen and oxygen atoms in total. The molecule has 0 fully saturated rings. The zero-order valence-electron chi connectivity index (χ0n) is 10.9. The number of fused-ring (bicyclic) bond motifs is 1. The van der Waals surface area contributed by atoms with E-state index < -0.39 is 20.8 Å². The topological polar surface area (TPSA) is 107 Å². The van der Waals surface area contributed by atoms with Gasteiger partial charge >= 0.3 is 0 Å². The molecule has 0 aliphatic rings. The number of hydrogen-bond acceptors (Lipinski definition) is 5. The molecule has 2 aromatic heterocycles. The minimum absolute atomic E-state index is 0.0391. The van der Waals surface area contributed by atoms with E-state index in [1.165, 1.54) is 4.40 Å². The summed E-state index contributed by atoms with van der Waals surface area (Å²) in [5, 5.41) is -0.0641. The predicted molar refractivity (Wildman–Crippen MR) is 78.3 cm³/mol. The number of hydrogen-bond donors (Lipinski definition) is 2. The van der Waals surface area contributed by atoms with Gasteiger partial charge in [-0.1, -0.05) is 6.07 Å². The fraction of sp³-hybridized carbons (Fsp3) is 0.364. The zero-order valence-corrected chi connectivity index (χ0v) is 12.6. The molecule has 20 heavy (non-hydrogen) atoms. The van der Waals surface area contributed by atoms with Crippen LogP contribution in [0.5, 0.6) is 0 Å². The summed E-state index contributed by atoms with van der Waals surface area (Å²) < 4.78 is 39.3. The van der Waals surface area contributed by atoms with Crippen molar-refractivity contribution in [1.82, 2.24) is 14.1 Å². The van der Waals surface area contributed by atoms with Crippen LogP contribution in [0.4, 0.5) is 5.82 Å². The Kier molecular flexibility index (Phi) is 4.41. The zero-order chi connectivity index (χ0) is 14.8. The molecule has 2 heterocycles. The van der Waals surface area contributed by atoms with Gasteiger partial charge in [-0.3, -0.25) is 8.61 Å². The number of anilines is 1. The number of nitrogens with one attached hydrogen (secondary N) is 1. The molecule has 0 aromatic carbocycles. The van der Waals surface area contributed by atoms with Crippen molar-refractivity contribution < 1.29 is 12.6 Å². The van der Waals surface area contributed by atoms with E-state index in [2.05, 4.69) is 9.71 Å². The van der Waals surface area contributed by atoms with E-state index in [0.29, 0.717) is 17.8 Å². The van der Waals surface area contributed by atoms with Gasteiger partial charge in [0, 0.05) is 35.5 Å². The molecule has 1 atom stereocenters. The molecular weight excluding hydrogens is 300 g/mol. The van der Waals surface area contributed by atoms with Gasteiger partial charge in [-0.2, -0.15) is 0 Å². The first-order valence-electron chi connectivity index (χ1n) is 5.94. The molecule has 0 amide bonds. The average Bonchev–Trinajstić information content (AvgIpc) is 2.71. The molecule has 0 bridgehead atoms. The van der Waals surface area contributed by atoms with Crippen LogP contribution >= 0.6 is 0 Å². The standard InChI is InChI=1S/C11H16N4O3S2/c1-19(16)8-4-6-13-20(17,18)11-10(12)14-9-5-2-3-7-15(9)11/h2-3,5,7,13H,4,6,8,12H2,1H3. The number of nitrogens with zero attached hydrogens (tertiary/aromatic N) is 2. The molecular formula is C11H16N4O3S2. The van der Waals surface area contributed by atoms with Gasteiger partial charge in [-0.15, -0.1) is 0 Å². The average molecular weight is 316 g/mol. The van der Waals surface area contributed by atoms with Crippen LogP contribution in [0.15, 0.2) is 29.4 Å². The van der Waals surface area contributed by atoms with Gasteiger partial charge in [0.2, 0.25) is 0 Å². The summed E-state index contributed by atoms with van der Waals surface area (Å²) in [6.45, 7) is 0.210. The number of imidazole rings is 1. The lowest BCUT2D eigenvalue weighted by Crippen LogP contribution is -2.27. The first-order chi connectivity index (χ1) is 9.42. The second-order valence-corrected chi connectivity index (χ2v) is 7.50. The van der Waals surface area contributed by atoms with Crippen molar-refractivity contribution in [3.8, 4) is 0 Å². The summed E-state index contributed by atoms with van der Waals surface area (Å²) in [6.07, 6.45) is 3.67.